The van der Waals surface area contributed by atoms with E-state index in [1.165, 1.54) is 12.1 Å². The second-order valence-electron chi connectivity index (χ2n) is 7.02. The van der Waals surface area contributed by atoms with Crippen molar-refractivity contribution in [3.05, 3.63) is 41.2 Å². The maximum Gasteiger partial charge on any atom is 0.418 e. The fraction of sp³-hybridized carbons (Fsp3) is 0.421. The van der Waals surface area contributed by atoms with Crippen LogP contribution in [0.15, 0.2) is 35.6 Å². The van der Waals surface area contributed by atoms with Crippen LogP contribution in [-0.4, -0.2) is 51.3 Å². The zero-order chi connectivity index (χ0) is 20.4. The van der Waals surface area contributed by atoms with Crippen molar-refractivity contribution in [2.24, 2.45) is 0 Å². The van der Waals surface area contributed by atoms with Crippen LogP contribution >= 0.6 is 0 Å². The number of ether oxygens (including phenoxy) is 2. The molecule has 2 rings (SSSR count). The first-order chi connectivity index (χ1) is 12.5. The van der Waals surface area contributed by atoms with Gasteiger partial charge in [-0.3, -0.25) is 4.79 Å². The Labute approximate surface area is 157 Å². The summed E-state index contributed by atoms with van der Waals surface area (Å²) in [5.41, 5.74) is -0.815. The van der Waals surface area contributed by atoms with Crippen molar-refractivity contribution in [2.45, 2.75) is 45.8 Å². The van der Waals surface area contributed by atoms with Crippen LogP contribution in [0.2, 0.25) is 0 Å². The third-order valence-electron chi connectivity index (χ3n) is 3.75. The van der Waals surface area contributed by atoms with Gasteiger partial charge in [0.2, 0.25) is 0 Å². The van der Waals surface area contributed by atoms with Gasteiger partial charge in [-0.1, -0.05) is 12.1 Å². The molecule has 0 unspecified atom stereocenters. The van der Waals surface area contributed by atoms with Crippen molar-refractivity contribution < 1.29 is 34.1 Å². The first-order valence-corrected chi connectivity index (χ1v) is 8.49. The molecule has 2 amide bonds. The van der Waals surface area contributed by atoms with Crippen LogP contribution in [0.3, 0.4) is 0 Å². The molecule has 0 saturated heterocycles. The molecule has 0 aromatic heterocycles. The number of aromatic hydroxyl groups is 1. The molecule has 1 aliphatic heterocycles. The van der Waals surface area contributed by atoms with Gasteiger partial charge in [-0.2, -0.15) is 0 Å². The number of phenolic OH excluding ortho intramolecular Hbond substituents is 1. The van der Waals surface area contributed by atoms with Crippen molar-refractivity contribution in [1.29, 1.82) is 0 Å². The minimum Gasteiger partial charge on any atom is -0.509 e. The lowest BCUT2D eigenvalue weighted by Crippen LogP contribution is -2.45. The Kier molecular flexibility index (Phi) is 5.78. The molecule has 0 aliphatic carbocycles. The molecule has 0 fully saturated rings. The fourth-order valence-electron chi connectivity index (χ4n) is 2.62. The lowest BCUT2D eigenvalue weighted by molar-refractivity contribution is -0.141. The lowest BCUT2D eigenvalue weighted by Gasteiger charge is -2.27. The zero-order valence-electron chi connectivity index (χ0n) is 15.7. The number of nitrogens with zero attached hydrogens (tertiary/aromatic N) is 1. The maximum atomic E-state index is 12.7. The average molecular weight is 377 g/mol. The predicted molar refractivity (Wildman–Crippen MR) is 95.0 cm³/mol. The number of hydrogen-bond donors (Lipinski definition) is 2. The summed E-state index contributed by atoms with van der Waals surface area (Å²) in [6, 6.07) is 4.94. The van der Waals surface area contributed by atoms with Crippen molar-refractivity contribution in [2.75, 3.05) is 6.61 Å². The highest BCUT2D eigenvalue weighted by atomic mass is 16.6. The van der Waals surface area contributed by atoms with E-state index in [9.17, 15) is 24.6 Å². The molecule has 0 spiro atoms. The molecule has 1 aliphatic rings. The number of benzene rings is 1. The molecule has 1 heterocycles. The van der Waals surface area contributed by atoms with E-state index < -0.39 is 40.9 Å². The van der Waals surface area contributed by atoms with E-state index in [1.54, 1.807) is 39.8 Å². The molecular formula is C19H23NO7. The van der Waals surface area contributed by atoms with Gasteiger partial charge in [0.15, 0.2) is 5.57 Å². The first-order valence-electron chi connectivity index (χ1n) is 8.49. The second kappa shape index (κ2) is 7.69. The van der Waals surface area contributed by atoms with Gasteiger partial charge in [-0.15, -0.1) is 0 Å². The van der Waals surface area contributed by atoms with Crippen LogP contribution in [0.1, 0.15) is 33.3 Å². The topological polar surface area (TPSA) is 113 Å². The zero-order valence-corrected chi connectivity index (χ0v) is 15.7. The molecule has 146 valence electrons. The molecular weight excluding hydrogens is 354 g/mol. The Hall–Kier alpha value is -3.03. The molecule has 1 aromatic rings. The molecule has 0 radical (unpaired) electrons. The van der Waals surface area contributed by atoms with Crippen LogP contribution in [0, 0.1) is 0 Å². The summed E-state index contributed by atoms with van der Waals surface area (Å²) in [7, 11) is 0. The molecule has 27 heavy (non-hydrogen) atoms. The number of amides is 2. The summed E-state index contributed by atoms with van der Waals surface area (Å²) < 4.78 is 10.1. The lowest BCUT2D eigenvalue weighted by atomic mass is 10.0. The molecule has 1 aromatic carbocycles. The number of carbonyl (C=O) groups is 3. The Morgan fingerprint density at radius 2 is 1.74 bits per heavy atom. The minimum atomic E-state index is -1.11. The number of carbonyl (C=O) groups excluding carboxylic acids is 3. The number of aliphatic hydroxyl groups is 1. The molecule has 1 atom stereocenters. The van der Waals surface area contributed by atoms with E-state index in [1.807, 2.05) is 0 Å². The van der Waals surface area contributed by atoms with E-state index >= 15 is 0 Å². The number of aliphatic hydroxyl groups excluding tert-OH is 1. The van der Waals surface area contributed by atoms with Crippen LogP contribution in [-0.2, 0) is 25.5 Å². The SMILES string of the molecule is CCOC(=O)C1=C(O)[C@H](Cc2ccc(O)cc2)N(C(=O)OC(C)(C)C)C1=O. The molecule has 0 saturated carbocycles. The van der Waals surface area contributed by atoms with Crippen LogP contribution in [0.25, 0.3) is 0 Å². The van der Waals surface area contributed by atoms with Gasteiger partial charge >= 0.3 is 12.1 Å². The van der Waals surface area contributed by atoms with Crippen molar-refractivity contribution >= 4 is 18.0 Å². The standard InChI is InChI=1S/C19H23NO7/c1-5-26-17(24)14-15(22)13(10-11-6-8-12(21)9-7-11)20(16(14)23)18(25)27-19(2,3)4/h6-9,13,21-22H,5,10H2,1-4H3/t13-/m0/s1. The normalized spacial score (nSPS) is 17.3. The molecule has 0 bridgehead atoms. The Morgan fingerprint density at radius 3 is 2.26 bits per heavy atom. The van der Waals surface area contributed by atoms with Gasteiger partial charge in [-0.25, -0.2) is 14.5 Å². The highest BCUT2D eigenvalue weighted by Gasteiger charge is 2.48. The van der Waals surface area contributed by atoms with Gasteiger partial charge in [0.05, 0.1) is 6.61 Å². The van der Waals surface area contributed by atoms with Gasteiger partial charge in [0.25, 0.3) is 5.91 Å². The molecule has 2 N–H and O–H groups in total. The highest BCUT2D eigenvalue weighted by molar-refractivity contribution is 6.22. The monoisotopic (exact) mass is 377 g/mol. The Bertz CT molecular complexity index is 774. The maximum absolute atomic E-state index is 12.7. The van der Waals surface area contributed by atoms with Crippen LogP contribution < -0.4 is 0 Å². The smallest absolute Gasteiger partial charge is 0.418 e. The van der Waals surface area contributed by atoms with E-state index in [-0.39, 0.29) is 18.8 Å². The van der Waals surface area contributed by atoms with Crippen LogP contribution in [0.5, 0.6) is 5.75 Å². The van der Waals surface area contributed by atoms with Gasteiger partial charge in [0.1, 0.15) is 23.2 Å². The number of phenols is 1. The Morgan fingerprint density at radius 1 is 1.15 bits per heavy atom. The fourth-order valence-corrected chi connectivity index (χ4v) is 2.62. The molecule has 8 nitrogen and oxygen atoms in total. The third-order valence-corrected chi connectivity index (χ3v) is 3.75. The van der Waals surface area contributed by atoms with Crippen LogP contribution in [0.4, 0.5) is 4.79 Å². The van der Waals surface area contributed by atoms with E-state index in [0.29, 0.717) is 5.56 Å². The average Bonchev–Trinajstić information content (AvgIpc) is 2.79. The highest BCUT2D eigenvalue weighted by Crippen LogP contribution is 2.30. The molecule has 8 heteroatoms. The van der Waals surface area contributed by atoms with Gasteiger partial charge in [-0.05, 0) is 45.4 Å². The predicted octanol–water partition coefficient (Wildman–Crippen LogP) is 2.46. The third kappa shape index (κ3) is 4.58. The minimum absolute atomic E-state index is 0.0119. The number of rotatable bonds is 4. The van der Waals surface area contributed by atoms with Crippen molar-refractivity contribution in [3.63, 3.8) is 0 Å². The largest absolute Gasteiger partial charge is 0.509 e. The quantitative estimate of drug-likeness (QED) is 0.612. The van der Waals surface area contributed by atoms with Gasteiger partial charge in [0, 0.05) is 6.42 Å². The summed E-state index contributed by atoms with van der Waals surface area (Å²) in [6.07, 6.45) is -0.929. The van der Waals surface area contributed by atoms with Crippen molar-refractivity contribution in [3.8, 4) is 5.75 Å². The van der Waals surface area contributed by atoms with Gasteiger partial charge < -0.3 is 19.7 Å². The van der Waals surface area contributed by atoms with E-state index in [4.69, 9.17) is 9.47 Å². The number of esters is 1. The summed E-state index contributed by atoms with van der Waals surface area (Å²) in [6.45, 7) is 6.49. The summed E-state index contributed by atoms with van der Waals surface area (Å²) in [5.74, 6) is -2.46. The number of imide groups is 1. The summed E-state index contributed by atoms with van der Waals surface area (Å²) in [5, 5.41) is 19.9. The van der Waals surface area contributed by atoms with Crippen molar-refractivity contribution in [1.82, 2.24) is 4.90 Å². The second-order valence-corrected chi connectivity index (χ2v) is 7.02. The van der Waals surface area contributed by atoms with E-state index in [0.717, 1.165) is 4.90 Å². The first kappa shape index (κ1) is 20.3. The van der Waals surface area contributed by atoms with E-state index in [2.05, 4.69) is 0 Å². The summed E-state index contributed by atoms with van der Waals surface area (Å²) >= 11 is 0. The summed E-state index contributed by atoms with van der Waals surface area (Å²) in [4.78, 5) is 38.0. The Balaban J connectivity index is 2.40. The number of hydrogen-bond acceptors (Lipinski definition) is 7.